The highest BCUT2D eigenvalue weighted by Crippen LogP contribution is 2.24. The van der Waals surface area contributed by atoms with Crippen LogP contribution in [0.3, 0.4) is 0 Å². The van der Waals surface area contributed by atoms with E-state index in [2.05, 4.69) is 15.3 Å². The molecule has 1 aliphatic rings. The number of H-pyrrole nitrogens is 1. The molecule has 10 nitrogen and oxygen atoms in total. The van der Waals surface area contributed by atoms with E-state index in [1.54, 1.807) is 37.3 Å². The van der Waals surface area contributed by atoms with Crippen LogP contribution in [0.2, 0.25) is 0 Å². The molecule has 3 aromatic rings. The third-order valence-electron chi connectivity index (χ3n) is 5.81. The van der Waals surface area contributed by atoms with E-state index in [0.717, 1.165) is 17.7 Å². The summed E-state index contributed by atoms with van der Waals surface area (Å²) in [6, 6.07) is 11.7. The van der Waals surface area contributed by atoms with Gasteiger partial charge in [-0.3, -0.25) is 19.7 Å². The van der Waals surface area contributed by atoms with E-state index in [1.807, 2.05) is 6.07 Å². The Hall–Kier alpha value is -3.63. The second kappa shape index (κ2) is 9.88. The first-order valence-corrected chi connectivity index (χ1v) is 10.9. The van der Waals surface area contributed by atoms with Crippen LogP contribution < -0.4 is 15.8 Å². The van der Waals surface area contributed by atoms with Crippen molar-refractivity contribution in [2.24, 2.45) is 0 Å². The van der Waals surface area contributed by atoms with Crippen molar-refractivity contribution in [1.82, 2.24) is 9.97 Å². The fourth-order valence-corrected chi connectivity index (χ4v) is 4.17. The Morgan fingerprint density at radius 2 is 2.12 bits per heavy atom. The summed E-state index contributed by atoms with van der Waals surface area (Å²) in [5.74, 6) is 0.209. The number of nitrogens with zero attached hydrogens (tertiary/aromatic N) is 2. The fraction of sp³-hybridized carbons (Fsp3) is 0.348. The SMILES string of the molecule is Cc1c(NC(=O)C[NH+](Cc2nc3ccccc3c(=O)[nH]2)CC2CCCO2)cccc1[N+](=O)[O-]. The van der Waals surface area contributed by atoms with E-state index in [9.17, 15) is 19.7 Å². The van der Waals surface area contributed by atoms with Gasteiger partial charge in [-0.1, -0.05) is 18.2 Å². The summed E-state index contributed by atoms with van der Waals surface area (Å²) >= 11 is 0. The number of aromatic amines is 1. The third kappa shape index (κ3) is 5.41. The minimum atomic E-state index is -0.471. The number of nitro groups is 1. The number of nitro benzene ring substituents is 1. The van der Waals surface area contributed by atoms with Crippen molar-refractivity contribution >= 4 is 28.2 Å². The summed E-state index contributed by atoms with van der Waals surface area (Å²) in [6.45, 7) is 3.31. The molecule has 33 heavy (non-hydrogen) atoms. The third-order valence-corrected chi connectivity index (χ3v) is 5.81. The first-order chi connectivity index (χ1) is 15.9. The summed E-state index contributed by atoms with van der Waals surface area (Å²) in [5.41, 5.74) is 1.14. The maximum atomic E-state index is 12.9. The summed E-state index contributed by atoms with van der Waals surface area (Å²) < 4.78 is 5.76. The molecule has 0 spiro atoms. The number of ether oxygens (including phenoxy) is 1. The number of benzene rings is 2. The molecular formula is C23H26N5O5+. The molecule has 1 aliphatic heterocycles. The Morgan fingerprint density at radius 1 is 1.30 bits per heavy atom. The summed E-state index contributed by atoms with van der Waals surface area (Å²) in [6.07, 6.45) is 1.92. The zero-order valence-electron chi connectivity index (χ0n) is 18.3. The molecule has 2 unspecified atom stereocenters. The number of aromatic nitrogens is 2. The van der Waals surface area contributed by atoms with Crippen LogP contribution in [-0.4, -0.2) is 46.6 Å². The fourth-order valence-electron chi connectivity index (χ4n) is 4.17. The highest BCUT2D eigenvalue weighted by Gasteiger charge is 2.25. The number of para-hydroxylation sites is 1. The van der Waals surface area contributed by atoms with Crippen molar-refractivity contribution in [3.8, 4) is 0 Å². The van der Waals surface area contributed by atoms with Gasteiger partial charge in [-0.05, 0) is 38.0 Å². The van der Waals surface area contributed by atoms with Crippen molar-refractivity contribution in [2.75, 3.05) is 25.0 Å². The monoisotopic (exact) mass is 452 g/mol. The standard InChI is InChI=1S/C23H25N5O5/c1-15-18(9-4-10-20(15)28(31)32)25-22(29)14-27(12-16-6-5-11-33-16)13-21-24-19-8-3-2-7-17(19)23(30)26-21/h2-4,7-10,16H,5-6,11-14H2,1H3,(H,25,29)(H,24,26,30)/p+1. The lowest BCUT2D eigenvalue weighted by Gasteiger charge is -2.22. The number of carbonyl (C=O) groups is 1. The van der Waals surface area contributed by atoms with E-state index in [-0.39, 0.29) is 29.8 Å². The molecule has 2 atom stereocenters. The van der Waals surface area contributed by atoms with Gasteiger partial charge in [-0.25, -0.2) is 4.98 Å². The lowest BCUT2D eigenvalue weighted by Crippen LogP contribution is -3.13. The van der Waals surface area contributed by atoms with Gasteiger partial charge in [-0.15, -0.1) is 0 Å². The highest BCUT2D eigenvalue weighted by atomic mass is 16.6. The van der Waals surface area contributed by atoms with E-state index in [4.69, 9.17) is 4.74 Å². The average Bonchev–Trinajstić information content (AvgIpc) is 3.28. The van der Waals surface area contributed by atoms with Gasteiger partial charge in [0.15, 0.2) is 12.4 Å². The summed E-state index contributed by atoms with van der Waals surface area (Å²) in [4.78, 5) is 44.3. The summed E-state index contributed by atoms with van der Waals surface area (Å²) in [5, 5.41) is 14.5. The zero-order valence-corrected chi connectivity index (χ0v) is 18.3. The van der Waals surface area contributed by atoms with Crippen LogP contribution in [0.25, 0.3) is 10.9 Å². The second-order valence-corrected chi connectivity index (χ2v) is 8.23. The molecule has 0 saturated carbocycles. The Kier molecular flexibility index (Phi) is 6.76. The van der Waals surface area contributed by atoms with Gasteiger partial charge in [-0.2, -0.15) is 0 Å². The number of carbonyl (C=O) groups excluding carboxylic acids is 1. The Bertz CT molecular complexity index is 1240. The van der Waals surface area contributed by atoms with Crippen LogP contribution in [0.5, 0.6) is 0 Å². The molecule has 3 N–H and O–H groups in total. The Balaban J connectivity index is 1.52. The smallest absolute Gasteiger partial charge is 0.279 e. The van der Waals surface area contributed by atoms with E-state index < -0.39 is 4.92 Å². The molecule has 0 aliphatic carbocycles. The van der Waals surface area contributed by atoms with Gasteiger partial charge in [0.25, 0.3) is 17.2 Å². The van der Waals surface area contributed by atoms with Gasteiger partial charge in [0.2, 0.25) is 0 Å². The van der Waals surface area contributed by atoms with Gasteiger partial charge >= 0.3 is 0 Å². The van der Waals surface area contributed by atoms with Crippen LogP contribution in [0.15, 0.2) is 47.3 Å². The number of nitrogens with one attached hydrogen (secondary N) is 3. The van der Waals surface area contributed by atoms with E-state index in [1.165, 1.54) is 6.07 Å². The molecule has 1 fully saturated rings. The molecular weight excluding hydrogens is 426 g/mol. The molecule has 2 heterocycles. The highest BCUT2D eigenvalue weighted by molar-refractivity contribution is 5.92. The predicted octanol–water partition coefficient (Wildman–Crippen LogP) is 1.34. The van der Waals surface area contributed by atoms with Crippen molar-refractivity contribution < 1.29 is 19.4 Å². The van der Waals surface area contributed by atoms with E-state index in [0.29, 0.717) is 47.7 Å². The molecule has 1 saturated heterocycles. The van der Waals surface area contributed by atoms with Gasteiger partial charge < -0.3 is 19.9 Å². The molecule has 10 heteroatoms. The first kappa shape index (κ1) is 22.6. The Labute approximate surface area is 189 Å². The maximum Gasteiger partial charge on any atom is 0.279 e. The van der Waals surface area contributed by atoms with Crippen LogP contribution in [0.1, 0.15) is 24.2 Å². The van der Waals surface area contributed by atoms with Crippen LogP contribution in [-0.2, 0) is 16.1 Å². The molecule has 1 aromatic heterocycles. The normalized spacial score (nSPS) is 16.6. The zero-order chi connectivity index (χ0) is 23.4. The van der Waals surface area contributed by atoms with Gasteiger partial charge in [0.05, 0.1) is 27.1 Å². The molecule has 2 aromatic carbocycles. The van der Waals surface area contributed by atoms with Crippen molar-refractivity contribution in [3.05, 3.63) is 74.3 Å². The van der Waals surface area contributed by atoms with Crippen molar-refractivity contribution in [3.63, 3.8) is 0 Å². The minimum absolute atomic E-state index is 0.0273. The molecule has 172 valence electrons. The lowest BCUT2D eigenvalue weighted by molar-refractivity contribution is -0.909. The average molecular weight is 452 g/mol. The van der Waals surface area contributed by atoms with E-state index >= 15 is 0 Å². The molecule has 1 amide bonds. The van der Waals surface area contributed by atoms with Crippen molar-refractivity contribution in [1.29, 1.82) is 0 Å². The quantitative estimate of drug-likeness (QED) is 0.349. The van der Waals surface area contributed by atoms with Crippen LogP contribution >= 0.6 is 0 Å². The number of rotatable bonds is 8. The number of hydrogen-bond donors (Lipinski definition) is 3. The minimum Gasteiger partial charge on any atom is -0.372 e. The van der Waals surface area contributed by atoms with Crippen LogP contribution in [0, 0.1) is 17.0 Å². The molecule has 4 rings (SSSR count). The first-order valence-electron chi connectivity index (χ1n) is 10.9. The largest absolute Gasteiger partial charge is 0.372 e. The summed E-state index contributed by atoms with van der Waals surface area (Å²) in [7, 11) is 0. The van der Waals surface area contributed by atoms with Gasteiger partial charge in [0, 0.05) is 12.7 Å². The number of hydrogen-bond acceptors (Lipinski definition) is 6. The second-order valence-electron chi connectivity index (χ2n) is 8.23. The molecule has 0 bridgehead atoms. The number of amides is 1. The van der Waals surface area contributed by atoms with Crippen LogP contribution in [0.4, 0.5) is 11.4 Å². The molecule has 0 radical (unpaired) electrons. The van der Waals surface area contributed by atoms with Crippen molar-refractivity contribution in [2.45, 2.75) is 32.4 Å². The topological polar surface area (TPSA) is 132 Å². The lowest BCUT2D eigenvalue weighted by atomic mass is 10.1. The van der Waals surface area contributed by atoms with Gasteiger partial charge in [0.1, 0.15) is 19.2 Å². The number of fused-ring (bicyclic) bond motifs is 1. The number of anilines is 1. The number of quaternary nitrogens is 1. The Morgan fingerprint density at radius 3 is 2.88 bits per heavy atom. The predicted molar refractivity (Wildman–Crippen MR) is 122 cm³/mol. The maximum absolute atomic E-state index is 12.9.